The predicted octanol–water partition coefficient (Wildman–Crippen LogP) is 2.23. The van der Waals surface area contributed by atoms with E-state index in [1.165, 1.54) is 12.8 Å². The van der Waals surface area contributed by atoms with E-state index in [2.05, 4.69) is 36.1 Å². The lowest BCUT2D eigenvalue weighted by Crippen LogP contribution is -2.35. The van der Waals surface area contributed by atoms with Crippen molar-refractivity contribution in [2.45, 2.75) is 45.7 Å². The Morgan fingerprint density at radius 1 is 1.29 bits per heavy atom. The standard InChI is InChI=1S/C16H28N4O/c1-16(2,3)19-11-14-9-17-15(18-10-14)20(4)7-8-21-12-13-5-6-13/h9-10,13,19H,5-8,11-12H2,1-4H3. The monoisotopic (exact) mass is 292 g/mol. The number of aromatic nitrogens is 2. The molecule has 1 aliphatic rings. The number of hydrogen-bond donors (Lipinski definition) is 1. The van der Waals surface area contributed by atoms with Crippen LogP contribution in [0.4, 0.5) is 5.95 Å². The number of ether oxygens (including phenoxy) is 1. The third kappa shape index (κ3) is 6.40. The van der Waals surface area contributed by atoms with Gasteiger partial charge in [-0.15, -0.1) is 0 Å². The average molecular weight is 292 g/mol. The lowest BCUT2D eigenvalue weighted by atomic mass is 10.1. The summed E-state index contributed by atoms with van der Waals surface area (Å²) in [5.41, 5.74) is 1.21. The highest BCUT2D eigenvalue weighted by Crippen LogP contribution is 2.28. The summed E-state index contributed by atoms with van der Waals surface area (Å²) in [4.78, 5) is 10.9. The summed E-state index contributed by atoms with van der Waals surface area (Å²) >= 11 is 0. The number of nitrogens with zero attached hydrogens (tertiary/aromatic N) is 3. The van der Waals surface area contributed by atoms with Crippen LogP contribution in [0.5, 0.6) is 0 Å². The van der Waals surface area contributed by atoms with Crippen LogP contribution in [0.3, 0.4) is 0 Å². The van der Waals surface area contributed by atoms with E-state index in [1.54, 1.807) is 0 Å². The van der Waals surface area contributed by atoms with Gasteiger partial charge in [-0.05, 0) is 39.5 Å². The number of likely N-dealkylation sites (N-methyl/N-ethyl adjacent to an activating group) is 1. The van der Waals surface area contributed by atoms with Crippen LogP contribution in [-0.4, -0.2) is 42.3 Å². The zero-order valence-corrected chi connectivity index (χ0v) is 13.7. The Morgan fingerprint density at radius 2 is 1.95 bits per heavy atom. The average Bonchev–Trinajstić information content (AvgIpc) is 3.25. The second-order valence-corrected chi connectivity index (χ2v) is 6.93. The van der Waals surface area contributed by atoms with E-state index in [0.717, 1.165) is 43.7 Å². The van der Waals surface area contributed by atoms with Gasteiger partial charge in [0.05, 0.1) is 6.61 Å². The van der Waals surface area contributed by atoms with E-state index in [1.807, 2.05) is 24.3 Å². The van der Waals surface area contributed by atoms with Crippen LogP contribution < -0.4 is 10.2 Å². The minimum Gasteiger partial charge on any atom is -0.379 e. The quantitative estimate of drug-likeness (QED) is 0.745. The highest BCUT2D eigenvalue weighted by Gasteiger charge is 2.21. The molecule has 5 heteroatoms. The first-order chi connectivity index (χ1) is 9.94. The minimum atomic E-state index is 0.106. The fourth-order valence-corrected chi connectivity index (χ4v) is 1.84. The lowest BCUT2D eigenvalue weighted by Gasteiger charge is -2.21. The van der Waals surface area contributed by atoms with Gasteiger partial charge in [-0.2, -0.15) is 0 Å². The molecular weight excluding hydrogens is 264 g/mol. The van der Waals surface area contributed by atoms with Crippen LogP contribution in [0.25, 0.3) is 0 Å². The summed E-state index contributed by atoms with van der Waals surface area (Å²) in [6.45, 7) is 9.72. The molecule has 0 bridgehead atoms. The summed E-state index contributed by atoms with van der Waals surface area (Å²) in [6, 6.07) is 0. The van der Waals surface area contributed by atoms with Gasteiger partial charge in [-0.1, -0.05) is 0 Å². The molecule has 0 aliphatic heterocycles. The van der Waals surface area contributed by atoms with Gasteiger partial charge < -0.3 is 15.0 Å². The molecule has 21 heavy (non-hydrogen) atoms. The third-order valence-corrected chi connectivity index (χ3v) is 3.48. The van der Waals surface area contributed by atoms with Gasteiger partial charge in [0.25, 0.3) is 0 Å². The molecule has 1 heterocycles. The van der Waals surface area contributed by atoms with E-state index in [0.29, 0.717) is 0 Å². The first-order valence-electron chi connectivity index (χ1n) is 7.79. The van der Waals surface area contributed by atoms with Crippen molar-refractivity contribution in [3.05, 3.63) is 18.0 Å². The fourth-order valence-electron chi connectivity index (χ4n) is 1.84. The highest BCUT2D eigenvalue weighted by molar-refractivity contribution is 5.28. The van der Waals surface area contributed by atoms with Crippen LogP contribution in [0.15, 0.2) is 12.4 Å². The molecule has 5 nitrogen and oxygen atoms in total. The number of anilines is 1. The van der Waals surface area contributed by atoms with E-state index < -0.39 is 0 Å². The smallest absolute Gasteiger partial charge is 0.225 e. The summed E-state index contributed by atoms with van der Waals surface area (Å²) in [7, 11) is 2.00. The molecule has 0 radical (unpaired) electrons. The second-order valence-electron chi connectivity index (χ2n) is 6.93. The molecule has 1 aromatic rings. The van der Waals surface area contributed by atoms with Crippen molar-refractivity contribution in [2.24, 2.45) is 5.92 Å². The largest absolute Gasteiger partial charge is 0.379 e. The number of nitrogens with one attached hydrogen (secondary N) is 1. The molecule has 0 atom stereocenters. The molecule has 1 fully saturated rings. The Kier molecular flexibility index (Phi) is 5.53. The lowest BCUT2D eigenvalue weighted by molar-refractivity contribution is 0.130. The molecule has 1 aliphatic carbocycles. The summed E-state index contributed by atoms with van der Waals surface area (Å²) in [5, 5.41) is 3.43. The normalized spacial score (nSPS) is 15.2. The van der Waals surface area contributed by atoms with Crippen molar-refractivity contribution < 1.29 is 4.74 Å². The molecule has 1 aromatic heterocycles. The van der Waals surface area contributed by atoms with E-state index in [9.17, 15) is 0 Å². The first kappa shape index (κ1) is 16.2. The van der Waals surface area contributed by atoms with Gasteiger partial charge in [0, 0.05) is 50.2 Å². The van der Waals surface area contributed by atoms with Crippen molar-refractivity contribution in [1.82, 2.24) is 15.3 Å². The van der Waals surface area contributed by atoms with E-state index in [-0.39, 0.29) is 5.54 Å². The Morgan fingerprint density at radius 3 is 2.52 bits per heavy atom. The van der Waals surface area contributed by atoms with Crippen molar-refractivity contribution in [2.75, 3.05) is 31.7 Å². The predicted molar refractivity (Wildman–Crippen MR) is 85.4 cm³/mol. The molecular formula is C16H28N4O. The molecule has 118 valence electrons. The van der Waals surface area contributed by atoms with Gasteiger partial charge in [-0.3, -0.25) is 0 Å². The number of hydrogen-bond acceptors (Lipinski definition) is 5. The molecule has 0 unspecified atom stereocenters. The molecule has 1 saturated carbocycles. The maximum Gasteiger partial charge on any atom is 0.225 e. The third-order valence-electron chi connectivity index (χ3n) is 3.48. The van der Waals surface area contributed by atoms with E-state index in [4.69, 9.17) is 4.74 Å². The maximum atomic E-state index is 5.64. The van der Waals surface area contributed by atoms with Crippen molar-refractivity contribution in [3.63, 3.8) is 0 Å². The van der Waals surface area contributed by atoms with Crippen LogP contribution in [0, 0.1) is 5.92 Å². The SMILES string of the molecule is CN(CCOCC1CC1)c1ncc(CNC(C)(C)C)cn1. The first-order valence-corrected chi connectivity index (χ1v) is 7.79. The molecule has 0 spiro atoms. The Hall–Kier alpha value is -1.20. The molecule has 0 saturated heterocycles. The van der Waals surface area contributed by atoms with Crippen LogP contribution in [-0.2, 0) is 11.3 Å². The van der Waals surface area contributed by atoms with Crippen molar-refractivity contribution in [3.8, 4) is 0 Å². The molecule has 0 aromatic carbocycles. The maximum absolute atomic E-state index is 5.64. The van der Waals surface area contributed by atoms with Gasteiger partial charge in [0.2, 0.25) is 5.95 Å². The zero-order valence-electron chi connectivity index (χ0n) is 13.7. The van der Waals surface area contributed by atoms with Crippen LogP contribution in [0.1, 0.15) is 39.2 Å². The summed E-state index contributed by atoms with van der Waals surface area (Å²) < 4.78 is 5.64. The van der Waals surface area contributed by atoms with Crippen LogP contribution in [0.2, 0.25) is 0 Å². The Bertz CT molecular complexity index is 423. The summed E-state index contributed by atoms with van der Waals surface area (Å²) in [5.74, 6) is 1.57. The second kappa shape index (κ2) is 7.18. The van der Waals surface area contributed by atoms with Crippen molar-refractivity contribution >= 4 is 5.95 Å². The van der Waals surface area contributed by atoms with Crippen LogP contribution >= 0.6 is 0 Å². The van der Waals surface area contributed by atoms with E-state index >= 15 is 0 Å². The summed E-state index contributed by atoms with van der Waals surface area (Å²) in [6.07, 6.45) is 6.46. The fraction of sp³-hybridized carbons (Fsp3) is 0.750. The zero-order chi connectivity index (χ0) is 15.3. The Balaban J connectivity index is 1.71. The number of rotatable bonds is 8. The van der Waals surface area contributed by atoms with Gasteiger partial charge in [0.1, 0.15) is 0 Å². The van der Waals surface area contributed by atoms with Gasteiger partial charge in [0.15, 0.2) is 0 Å². The van der Waals surface area contributed by atoms with Crippen molar-refractivity contribution in [1.29, 1.82) is 0 Å². The highest BCUT2D eigenvalue weighted by atomic mass is 16.5. The molecule has 2 rings (SSSR count). The Labute approximate surface area is 128 Å². The van der Waals surface area contributed by atoms with Gasteiger partial charge >= 0.3 is 0 Å². The molecule has 1 N–H and O–H groups in total. The minimum absolute atomic E-state index is 0.106. The van der Waals surface area contributed by atoms with Gasteiger partial charge in [-0.25, -0.2) is 9.97 Å². The molecule has 0 amide bonds. The topological polar surface area (TPSA) is 50.3 Å².